The van der Waals surface area contributed by atoms with Crippen molar-refractivity contribution in [2.24, 2.45) is 16.2 Å². The standard InChI is InChI=1S/C13H20O2/c1-11(2)6-4-7-12(3)9-13(11,12)8-5-10(14)15/h5,8H,4,6-7,9H2,1-3H3,(H,14,15)/p-1/b8-5+. The van der Waals surface area contributed by atoms with Crippen molar-refractivity contribution in [1.82, 2.24) is 0 Å². The summed E-state index contributed by atoms with van der Waals surface area (Å²) in [6.07, 6.45) is 7.97. The zero-order valence-corrected chi connectivity index (χ0v) is 9.80. The number of hydrogen-bond acceptors (Lipinski definition) is 2. The highest BCUT2D eigenvalue weighted by atomic mass is 16.4. The Bertz CT molecular complexity index is 329. The number of carboxylic acid groups (broad SMARTS) is 1. The molecular formula is C13H19O2-. The Hall–Kier alpha value is -0.790. The van der Waals surface area contributed by atoms with Gasteiger partial charge in [0.15, 0.2) is 0 Å². The number of carboxylic acids is 1. The van der Waals surface area contributed by atoms with Gasteiger partial charge in [0.05, 0.1) is 5.97 Å². The van der Waals surface area contributed by atoms with Gasteiger partial charge in [0.2, 0.25) is 0 Å². The Labute approximate surface area is 91.4 Å². The van der Waals surface area contributed by atoms with Gasteiger partial charge in [0.1, 0.15) is 0 Å². The van der Waals surface area contributed by atoms with E-state index in [-0.39, 0.29) is 10.8 Å². The molecule has 15 heavy (non-hydrogen) atoms. The molecule has 2 aliphatic rings. The Balaban J connectivity index is 2.29. The Morgan fingerprint density at radius 2 is 1.93 bits per heavy atom. The topological polar surface area (TPSA) is 40.1 Å². The summed E-state index contributed by atoms with van der Waals surface area (Å²) in [6.45, 7) is 6.81. The first-order chi connectivity index (χ1) is 6.83. The fraction of sp³-hybridized carbons (Fsp3) is 0.769. The van der Waals surface area contributed by atoms with Crippen LogP contribution in [-0.2, 0) is 4.79 Å². The quantitative estimate of drug-likeness (QED) is 0.649. The summed E-state index contributed by atoms with van der Waals surface area (Å²) in [5.74, 6) is -1.07. The van der Waals surface area contributed by atoms with Gasteiger partial charge in [-0.05, 0) is 41.6 Å². The van der Waals surface area contributed by atoms with Crippen molar-refractivity contribution < 1.29 is 9.90 Å². The number of aliphatic carboxylic acids is 1. The van der Waals surface area contributed by atoms with Crippen molar-refractivity contribution in [2.75, 3.05) is 0 Å². The minimum Gasteiger partial charge on any atom is -0.545 e. The second kappa shape index (κ2) is 2.87. The van der Waals surface area contributed by atoms with Crippen LogP contribution in [0.4, 0.5) is 0 Å². The molecule has 2 nitrogen and oxygen atoms in total. The zero-order chi connectivity index (χ0) is 11.3. The fourth-order valence-corrected chi connectivity index (χ4v) is 3.78. The third-order valence-electron chi connectivity index (χ3n) is 4.86. The van der Waals surface area contributed by atoms with Crippen LogP contribution in [0, 0.1) is 16.2 Å². The summed E-state index contributed by atoms with van der Waals surface area (Å²) >= 11 is 0. The second-order valence-corrected chi connectivity index (χ2v) is 6.10. The van der Waals surface area contributed by atoms with Crippen molar-refractivity contribution >= 4 is 5.97 Å². The molecule has 2 atom stereocenters. The second-order valence-electron chi connectivity index (χ2n) is 6.10. The van der Waals surface area contributed by atoms with E-state index < -0.39 is 5.97 Å². The van der Waals surface area contributed by atoms with Gasteiger partial charge >= 0.3 is 0 Å². The average molecular weight is 207 g/mol. The molecule has 2 saturated carbocycles. The first kappa shape index (κ1) is 10.7. The molecule has 2 fully saturated rings. The summed E-state index contributed by atoms with van der Waals surface area (Å²) < 4.78 is 0. The van der Waals surface area contributed by atoms with Gasteiger partial charge in [-0.15, -0.1) is 0 Å². The molecule has 0 spiro atoms. The molecule has 0 amide bonds. The minimum absolute atomic E-state index is 0.109. The lowest BCUT2D eigenvalue weighted by Crippen LogP contribution is -2.33. The van der Waals surface area contributed by atoms with E-state index in [1.807, 2.05) is 6.08 Å². The van der Waals surface area contributed by atoms with Gasteiger partial charge in [0, 0.05) is 0 Å². The first-order valence-electron chi connectivity index (χ1n) is 5.73. The van der Waals surface area contributed by atoms with Crippen LogP contribution in [0.15, 0.2) is 12.2 Å². The number of allylic oxidation sites excluding steroid dienone is 1. The third kappa shape index (κ3) is 1.34. The van der Waals surface area contributed by atoms with Gasteiger partial charge in [-0.1, -0.05) is 33.3 Å². The SMILES string of the molecule is CC1(C)CCCC2(C)CC12/C=C/C(=O)[O-]. The molecule has 2 rings (SSSR count). The van der Waals surface area contributed by atoms with E-state index >= 15 is 0 Å². The number of carbonyl (C=O) groups is 1. The number of carbonyl (C=O) groups excluding carboxylic acids is 1. The predicted molar refractivity (Wildman–Crippen MR) is 56.9 cm³/mol. The van der Waals surface area contributed by atoms with E-state index in [4.69, 9.17) is 0 Å². The largest absolute Gasteiger partial charge is 0.545 e. The summed E-state index contributed by atoms with van der Waals surface area (Å²) in [7, 11) is 0. The van der Waals surface area contributed by atoms with Crippen molar-refractivity contribution in [1.29, 1.82) is 0 Å². The van der Waals surface area contributed by atoms with E-state index in [1.54, 1.807) is 0 Å². The highest BCUT2D eigenvalue weighted by Crippen LogP contribution is 2.78. The molecule has 0 saturated heterocycles. The summed E-state index contributed by atoms with van der Waals surface area (Å²) in [5.41, 5.74) is 0.672. The maximum atomic E-state index is 10.5. The molecule has 0 bridgehead atoms. The molecule has 0 aromatic rings. The number of rotatable bonds is 2. The molecule has 0 aliphatic heterocycles. The Kier molecular flexibility index (Phi) is 2.05. The zero-order valence-electron chi connectivity index (χ0n) is 9.80. The lowest BCUT2D eigenvalue weighted by atomic mass is 9.63. The van der Waals surface area contributed by atoms with Gasteiger partial charge < -0.3 is 9.90 Å². The van der Waals surface area contributed by atoms with Crippen LogP contribution in [0.3, 0.4) is 0 Å². The molecule has 0 heterocycles. The highest BCUT2D eigenvalue weighted by Gasteiger charge is 2.69. The molecule has 0 aromatic carbocycles. The van der Waals surface area contributed by atoms with Crippen LogP contribution in [-0.4, -0.2) is 5.97 Å². The normalized spacial score (nSPS) is 42.6. The molecule has 0 aromatic heterocycles. The monoisotopic (exact) mass is 207 g/mol. The van der Waals surface area contributed by atoms with Gasteiger partial charge in [-0.25, -0.2) is 0 Å². The number of hydrogen-bond donors (Lipinski definition) is 0. The molecule has 2 heteroatoms. The predicted octanol–water partition coefficient (Wildman–Crippen LogP) is 1.90. The minimum atomic E-state index is -1.07. The Morgan fingerprint density at radius 3 is 2.47 bits per heavy atom. The van der Waals surface area contributed by atoms with Gasteiger partial charge in [-0.2, -0.15) is 0 Å². The third-order valence-corrected chi connectivity index (χ3v) is 4.86. The maximum Gasteiger partial charge on any atom is 0.0639 e. The first-order valence-corrected chi connectivity index (χ1v) is 5.73. The van der Waals surface area contributed by atoms with Crippen molar-refractivity contribution in [3.63, 3.8) is 0 Å². The molecule has 0 radical (unpaired) electrons. The Morgan fingerprint density at radius 1 is 1.27 bits per heavy atom. The van der Waals surface area contributed by atoms with E-state index in [9.17, 15) is 9.90 Å². The van der Waals surface area contributed by atoms with Crippen LogP contribution < -0.4 is 5.11 Å². The molecular weight excluding hydrogens is 188 g/mol. The van der Waals surface area contributed by atoms with Gasteiger partial charge in [0.25, 0.3) is 0 Å². The van der Waals surface area contributed by atoms with Crippen molar-refractivity contribution in [2.45, 2.75) is 46.5 Å². The van der Waals surface area contributed by atoms with Crippen molar-refractivity contribution in [3.05, 3.63) is 12.2 Å². The lowest BCUT2D eigenvalue weighted by Gasteiger charge is -2.41. The molecule has 84 valence electrons. The lowest BCUT2D eigenvalue weighted by molar-refractivity contribution is -0.297. The van der Waals surface area contributed by atoms with Crippen LogP contribution in [0.1, 0.15) is 46.5 Å². The molecule has 2 aliphatic carbocycles. The smallest absolute Gasteiger partial charge is 0.0639 e. The summed E-state index contributed by atoms with van der Waals surface area (Å²) in [5, 5.41) is 10.5. The van der Waals surface area contributed by atoms with Gasteiger partial charge in [-0.3, -0.25) is 0 Å². The molecule has 2 unspecified atom stereocenters. The van der Waals surface area contributed by atoms with Crippen LogP contribution >= 0.6 is 0 Å². The number of fused-ring (bicyclic) bond motifs is 1. The van der Waals surface area contributed by atoms with E-state index in [2.05, 4.69) is 20.8 Å². The van der Waals surface area contributed by atoms with Crippen LogP contribution in [0.5, 0.6) is 0 Å². The fourth-order valence-electron chi connectivity index (χ4n) is 3.78. The van der Waals surface area contributed by atoms with Crippen LogP contribution in [0.25, 0.3) is 0 Å². The van der Waals surface area contributed by atoms with E-state index in [0.29, 0.717) is 5.41 Å². The molecule has 0 N–H and O–H groups in total. The summed E-state index contributed by atoms with van der Waals surface area (Å²) in [6, 6.07) is 0. The van der Waals surface area contributed by atoms with Crippen molar-refractivity contribution in [3.8, 4) is 0 Å². The van der Waals surface area contributed by atoms with E-state index in [1.165, 1.54) is 25.3 Å². The summed E-state index contributed by atoms with van der Waals surface area (Å²) in [4.78, 5) is 10.5. The van der Waals surface area contributed by atoms with E-state index in [0.717, 1.165) is 6.42 Å². The maximum absolute atomic E-state index is 10.5. The highest BCUT2D eigenvalue weighted by molar-refractivity contribution is 5.78. The average Bonchev–Trinajstić information content (AvgIpc) is 2.70. The van der Waals surface area contributed by atoms with Crippen LogP contribution in [0.2, 0.25) is 0 Å².